The highest BCUT2D eigenvalue weighted by atomic mass is 19.1. The molecule has 2 aromatic rings. The van der Waals surface area contributed by atoms with Gasteiger partial charge in [0.25, 0.3) is 0 Å². The highest BCUT2D eigenvalue weighted by Gasteiger charge is 2.11. The third-order valence-electron chi connectivity index (χ3n) is 2.66. The van der Waals surface area contributed by atoms with Crippen LogP contribution in [0, 0.1) is 5.82 Å². The molecule has 22 heavy (non-hydrogen) atoms. The van der Waals surface area contributed by atoms with Crippen LogP contribution in [0.25, 0.3) is 0 Å². The van der Waals surface area contributed by atoms with Gasteiger partial charge in [-0.3, -0.25) is 14.6 Å². The predicted molar refractivity (Wildman–Crippen MR) is 78.2 cm³/mol. The number of nitrogens with one attached hydrogen (secondary N) is 2. The lowest BCUT2D eigenvalue weighted by molar-refractivity contribution is -0.139. The second kappa shape index (κ2) is 7.63. The van der Waals surface area contributed by atoms with Gasteiger partial charge in [0.2, 0.25) is 0 Å². The number of hydrazone groups is 1. The van der Waals surface area contributed by atoms with Crippen LogP contribution in [0.5, 0.6) is 0 Å². The number of benzene rings is 1. The molecule has 2 N–H and O–H groups in total. The van der Waals surface area contributed by atoms with Gasteiger partial charge in [0, 0.05) is 24.5 Å². The van der Waals surface area contributed by atoms with E-state index in [0.29, 0.717) is 0 Å². The van der Waals surface area contributed by atoms with Crippen molar-refractivity contribution in [1.29, 1.82) is 0 Å². The van der Waals surface area contributed by atoms with E-state index in [9.17, 15) is 14.0 Å². The van der Waals surface area contributed by atoms with Crippen LogP contribution in [-0.2, 0) is 16.1 Å². The lowest BCUT2D eigenvalue weighted by Crippen LogP contribution is -2.37. The van der Waals surface area contributed by atoms with Gasteiger partial charge in [-0.05, 0) is 17.7 Å². The van der Waals surface area contributed by atoms with E-state index >= 15 is 0 Å². The van der Waals surface area contributed by atoms with Gasteiger partial charge in [-0.25, -0.2) is 9.82 Å². The number of nitrogens with zero attached hydrogens (tertiary/aromatic N) is 2. The Labute approximate surface area is 126 Å². The molecule has 0 spiro atoms. The van der Waals surface area contributed by atoms with Crippen LogP contribution in [0.15, 0.2) is 53.9 Å². The van der Waals surface area contributed by atoms with Crippen LogP contribution in [0.3, 0.4) is 0 Å². The summed E-state index contributed by atoms with van der Waals surface area (Å²) < 4.78 is 13.3. The number of rotatable bonds is 4. The Hall–Kier alpha value is -3.09. The minimum atomic E-state index is -0.934. The van der Waals surface area contributed by atoms with E-state index in [0.717, 1.165) is 11.8 Å². The third-order valence-corrected chi connectivity index (χ3v) is 2.66. The molecule has 2 amide bonds. The molecule has 0 bridgehead atoms. The molecule has 7 heteroatoms. The quantitative estimate of drug-likeness (QED) is 0.502. The number of pyridine rings is 1. The molecule has 0 aliphatic rings. The molecule has 0 fully saturated rings. The number of hydrogen-bond donors (Lipinski definition) is 2. The number of halogens is 1. The third kappa shape index (κ3) is 4.48. The number of amides is 2. The number of hydrogen-bond acceptors (Lipinski definition) is 4. The van der Waals surface area contributed by atoms with E-state index in [1.807, 2.05) is 5.43 Å². The Morgan fingerprint density at radius 3 is 2.73 bits per heavy atom. The number of carbonyl (C=O) groups is 2. The van der Waals surface area contributed by atoms with E-state index in [2.05, 4.69) is 15.4 Å². The van der Waals surface area contributed by atoms with Crippen molar-refractivity contribution in [3.05, 3.63) is 65.7 Å². The smallest absolute Gasteiger partial charge is 0.329 e. The molecule has 0 atom stereocenters. The summed E-state index contributed by atoms with van der Waals surface area (Å²) in [5.74, 6) is -2.24. The molecule has 0 saturated heterocycles. The minimum Gasteiger partial charge on any atom is -0.344 e. The fourth-order valence-corrected chi connectivity index (χ4v) is 1.56. The number of carbonyl (C=O) groups excluding carboxylic acids is 2. The molecule has 2 rings (SSSR count). The summed E-state index contributed by atoms with van der Waals surface area (Å²) in [4.78, 5) is 26.9. The summed E-state index contributed by atoms with van der Waals surface area (Å²) in [5, 5.41) is 5.96. The van der Waals surface area contributed by atoms with Crippen molar-refractivity contribution in [2.75, 3.05) is 0 Å². The van der Waals surface area contributed by atoms with Gasteiger partial charge in [0.05, 0.1) is 6.21 Å². The standard InChI is InChI=1S/C15H13FN4O2/c16-13-6-2-1-5-12(13)10-19-20-15(22)14(21)18-9-11-4-3-7-17-8-11/h1-8,10H,9H2,(H,18,21)(H,20,22)/b19-10-. The average Bonchev–Trinajstić information content (AvgIpc) is 2.55. The van der Waals surface area contributed by atoms with Crippen molar-refractivity contribution in [3.63, 3.8) is 0 Å². The normalized spacial score (nSPS) is 10.4. The zero-order valence-corrected chi connectivity index (χ0v) is 11.5. The maximum Gasteiger partial charge on any atom is 0.329 e. The number of aromatic nitrogens is 1. The maximum atomic E-state index is 13.3. The van der Waals surface area contributed by atoms with Gasteiger partial charge >= 0.3 is 11.8 Å². The molecule has 6 nitrogen and oxygen atoms in total. The molecule has 0 radical (unpaired) electrons. The molecular weight excluding hydrogens is 287 g/mol. The van der Waals surface area contributed by atoms with Gasteiger partial charge in [0.1, 0.15) is 5.82 Å². The first-order valence-corrected chi connectivity index (χ1v) is 6.41. The van der Waals surface area contributed by atoms with Crippen molar-refractivity contribution in [1.82, 2.24) is 15.7 Å². The lowest BCUT2D eigenvalue weighted by Gasteiger charge is -2.03. The van der Waals surface area contributed by atoms with E-state index in [4.69, 9.17) is 0 Å². The summed E-state index contributed by atoms with van der Waals surface area (Å²) in [7, 11) is 0. The average molecular weight is 300 g/mol. The largest absolute Gasteiger partial charge is 0.344 e. The first-order chi connectivity index (χ1) is 10.7. The van der Waals surface area contributed by atoms with Gasteiger partial charge in [-0.2, -0.15) is 5.10 Å². The highest BCUT2D eigenvalue weighted by molar-refractivity contribution is 6.35. The van der Waals surface area contributed by atoms with Crippen LogP contribution >= 0.6 is 0 Å². The fraction of sp³-hybridized carbons (Fsp3) is 0.0667. The summed E-state index contributed by atoms with van der Waals surface area (Å²) in [6.45, 7) is 0.178. The first kappa shape index (κ1) is 15.3. The van der Waals surface area contributed by atoms with Gasteiger partial charge < -0.3 is 5.32 Å². The van der Waals surface area contributed by atoms with Crippen LogP contribution in [0.2, 0.25) is 0 Å². The van der Waals surface area contributed by atoms with Gasteiger partial charge in [-0.15, -0.1) is 0 Å². The SMILES string of the molecule is O=C(NCc1cccnc1)C(=O)N/N=C\c1ccccc1F. The molecule has 1 aromatic carbocycles. The molecule has 0 aliphatic heterocycles. The minimum absolute atomic E-state index is 0.178. The van der Waals surface area contributed by atoms with Crippen molar-refractivity contribution in [2.45, 2.75) is 6.54 Å². The van der Waals surface area contributed by atoms with Gasteiger partial charge in [-0.1, -0.05) is 24.3 Å². The van der Waals surface area contributed by atoms with Crippen LogP contribution < -0.4 is 10.7 Å². The molecule has 0 unspecified atom stereocenters. The lowest BCUT2D eigenvalue weighted by atomic mass is 10.2. The zero-order valence-electron chi connectivity index (χ0n) is 11.5. The van der Waals surface area contributed by atoms with Crippen LogP contribution in [0.1, 0.15) is 11.1 Å². The van der Waals surface area contributed by atoms with E-state index in [1.54, 1.807) is 30.6 Å². The summed E-state index contributed by atoms with van der Waals surface area (Å²) in [5.41, 5.74) is 3.00. The Kier molecular flexibility index (Phi) is 5.31. The van der Waals surface area contributed by atoms with Crippen molar-refractivity contribution in [3.8, 4) is 0 Å². The highest BCUT2D eigenvalue weighted by Crippen LogP contribution is 2.02. The molecule has 1 heterocycles. The van der Waals surface area contributed by atoms with Crippen molar-refractivity contribution >= 4 is 18.0 Å². The second-order valence-corrected chi connectivity index (χ2v) is 4.26. The molecule has 112 valence electrons. The monoisotopic (exact) mass is 300 g/mol. The fourth-order valence-electron chi connectivity index (χ4n) is 1.56. The molecule has 0 aliphatic carbocycles. The van der Waals surface area contributed by atoms with E-state index in [-0.39, 0.29) is 12.1 Å². The Morgan fingerprint density at radius 1 is 1.18 bits per heavy atom. The molecule has 0 saturated carbocycles. The second-order valence-electron chi connectivity index (χ2n) is 4.26. The summed E-state index contributed by atoms with van der Waals surface area (Å²) in [6.07, 6.45) is 4.31. The Bertz CT molecular complexity index is 689. The van der Waals surface area contributed by atoms with Crippen LogP contribution in [-0.4, -0.2) is 23.0 Å². The first-order valence-electron chi connectivity index (χ1n) is 6.41. The summed E-state index contributed by atoms with van der Waals surface area (Å²) >= 11 is 0. The maximum absolute atomic E-state index is 13.3. The van der Waals surface area contributed by atoms with E-state index in [1.165, 1.54) is 18.2 Å². The van der Waals surface area contributed by atoms with E-state index < -0.39 is 17.6 Å². The van der Waals surface area contributed by atoms with Crippen LogP contribution in [0.4, 0.5) is 4.39 Å². The summed E-state index contributed by atoms with van der Waals surface area (Å²) in [6, 6.07) is 9.42. The molecule has 1 aromatic heterocycles. The Morgan fingerprint density at radius 2 is 2.00 bits per heavy atom. The topological polar surface area (TPSA) is 83.5 Å². The van der Waals surface area contributed by atoms with Gasteiger partial charge in [0.15, 0.2) is 0 Å². The van der Waals surface area contributed by atoms with Crippen molar-refractivity contribution < 1.29 is 14.0 Å². The van der Waals surface area contributed by atoms with Crippen molar-refractivity contribution in [2.24, 2.45) is 5.10 Å². The molecular formula is C15H13FN4O2. The Balaban J connectivity index is 1.82. The zero-order chi connectivity index (χ0) is 15.8. The predicted octanol–water partition coefficient (Wildman–Crippen LogP) is 0.987.